The van der Waals surface area contributed by atoms with Crippen molar-refractivity contribution in [3.63, 3.8) is 0 Å². The number of rotatable bonds is 6. The number of aryl methyl sites for hydroxylation is 1. The Balaban J connectivity index is 1.65. The third-order valence-corrected chi connectivity index (χ3v) is 4.60. The van der Waals surface area contributed by atoms with E-state index < -0.39 is 0 Å². The molecular weight excluding hydrogens is 286 g/mol. The van der Waals surface area contributed by atoms with E-state index >= 15 is 0 Å². The van der Waals surface area contributed by atoms with Gasteiger partial charge in [-0.3, -0.25) is 4.79 Å². The topological polar surface area (TPSA) is 81.2 Å². The van der Waals surface area contributed by atoms with Crippen molar-refractivity contribution in [3.05, 3.63) is 29.0 Å². The quantitative estimate of drug-likeness (QED) is 0.856. The van der Waals surface area contributed by atoms with Crippen LogP contribution in [-0.4, -0.2) is 23.5 Å². The molecule has 0 spiro atoms. The van der Waals surface area contributed by atoms with Crippen molar-refractivity contribution in [1.29, 1.82) is 0 Å². The normalized spacial score (nSPS) is 15.9. The van der Waals surface area contributed by atoms with E-state index in [4.69, 9.17) is 10.2 Å². The minimum atomic E-state index is -0.0357. The van der Waals surface area contributed by atoms with Crippen LogP contribution in [0.2, 0.25) is 0 Å². The molecule has 1 aliphatic rings. The monoisotopic (exact) mass is 305 g/mol. The van der Waals surface area contributed by atoms with E-state index in [1.807, 2.05) is 24.4 Å². The molecule has 3 N–H and O–H groups in total. The van der Waals surface area contributed by atoms with Crippen LogP contribution in [0.3, 0.4) is 0 Å². The number of carbonyl (C=O) groups is 1. The number of nitrogens with one attached hydrogen (secondary N) is 1. The van der Waals surface area contributed by atoms with Crippen LogP contribution in [0.5, 0.6) is 0 Å². The maximum Gasteiger partial charge on any atom is 0.236 e. The summed E-state index contributed by atoms with van der Waals surface area (Å²) in [5, 5.41) is 4.98. The van der Waals surface area contributed by atoms with Gasteiger partial charge in [0.15, 0.2) is 0 Å². The van der Waals surface area contributed by atoms with Gasteiger partial charge in [0.05, 0.1) is 17.0 Å². The molecule has 0 bridgehead atoms. The molecule has 1 aliphatic carbocycles. The molecule has 0 aromatic carbocycles. The Morgan fingerprint density at radius 1 is 1.62 bits per heavy atom. The van der Waals surface area contributed by atoms with Crippen molar-refractivity contribution < 1.29 is 9.21 Å². The van der Waals surface area contributed by atoms with E-state index in [2.05, 4.69) is 10.3 Å². The molecule has 21 heavy (non-hydrogen) atoms. The SMILES string of the molecule is Cc1oc(-c2cccs2)nc1CC(=O)NC(CN)C1CC1. The number of thiophene rings is 1. The third kappa shape index (κ3) is 3.33. The van der Waals surface area contributed by atoms with Crippen molar-refractivity contribution in [1.82, 2.24) is 10.3 Å². The molecule has 1 fully saturated rings. The van der Waals surface area contributed by atoms with Gasteiger partial charge < -0.3 is 15.5 Å². The summed E-state index contributed by atoms with van der Waals surface area (Å²) < 4.78 is 5.65. The first-order chi connectivity index (χ1) is 10.2. The predicted octanol–water partition coefficient (Wildman–Crippen LogP) is 2.11. The van der Waals surface area contributed by atoms with Crippen molar-refractivity contribution >= 4 is 17.2 Å². The van der Waals surface area contributed by atoms with Crippen molar-refractivity contribution in [3.8, 4) is 10.8 Å². The van der Waals surface area contributed by atoms with Gasteiger partial charge in [0.25, 0.3) is 0 Å². The van der Waals surface area contributed by atoms with Crippen LogP contribution >= 0.6 is 11.3 Å². The van der Waals surface area contributed by atoms with Crippen LogP contribution in [0.1, 0.15) is 24.3 Å². The maximum absolute atomic E-state index is 12.1. The number of nitrogens with two attached hydrogens (primary N) is 1. The zero-order valence-electron chi connectivity index (χ0n) is 12.0. The number of carbonyl (C=O) groups excluding carboxylic acids is 1. The fraction of sp³-hybridized carbons (Fsp3) is 0.467. The molecule has 6 heteroatoms. The molecular formula is C15H19N3O2S. The first kappa shape index (κ1) is 14.3. The Morgan fingerprint density at radius 2 is 2.43 bits per heavy atom. The van der Waals surface area contributed by atoms with Gasteiger partial charge in [0.2, 0.25) is 11.8 Å². The second-order valence-corrected chi connectivity index (χ2v) is 6.37. The van der Waals surface area contributed by atoms with Gasteiger partial charge in [-0.15, -0.1) is 11.3 Å². The smallest absolute Gasteiger partial charge is 0.236 e. The van der Waals surface area contributed by atoms with Crippen LogP contribution in [-0.2, 0) is 11.2 Å². The zero-order valence-corrected chi connectivity index (χ0v) is 12.8. The lowest BCUT2D eigenvalue weighted by molar-refractivity contribution is -0.121. The van der Waals surface area contributed by atoms with Crippen LogP contribution in [0.15, 0.2) is 21.9 Å². The summed E-state index contributed by atoms with van der Waals surface area (Å²) >= 11 is 1.57. The summed E-state index contributed by atoms with van der Waals surface area (Å²) in [5.74, 6) is 1.80. The molecule has 1 amide bonds. The number of amides is 1. The van der Waals surface area contributed by atoms with Crippen molar-refractivity contribution in [2.24, 2.45) is 11.7 Å². The lowest BCUT2D eigenvalue weighted by atomic mass is 10.1. The van der Waals surface area contributed by atoms with Gasteiger partial charge in [-0.2, -0.15) is 0 Å². The fourth-order valence-electron chi connectivity index (χ4n) is 2.38. The number of nitrogens with zero attached hydrogens (tertiary/aromatic N) is 1. The van der Waals surface area contributed by atoms with E-state index in [-0.39, 0.29) is 18.4 Å². The number of aromatic nitrogens is 1. The number of hydrogen-bond donors (Lipinski definition) is 2. The third-order valence-electron chi connectivity index (χ3n) is 3.74. The molecule has 0 aliphatic heterocycles. The summed E-state index contributed by atoms with van der Waals surface area (Å²) in [6, 6.07) is 4.01. The Morgan fingerprint density at radius 3 is 3.05 bits per heavy atom. The van der Waals surface area contributed by atoms with E-state index in [1.165, 1.54) is 0 Å². The van der Waals surface area contributed by atoms with Gasteiger partial charge in [-0.25, -0.2) is 4.98 Å². The lowest BCUT2D eigenvalue weighted by Crippen LogP contribution is -2.42. The summed E-state index contributed by atoms with van der Waals surface area (Å²) in [5.41, 5.74) is 6.40. The molecule has 2 aromatic heterocycles. The first-order valence-corrected chi connectivity index (χ1v) is 8.05. The second kappa shape index (κ2) is 5.99. The van der Waals surface area contributed by atoms with Crippen LogP contribution in [0, 0.1) is 12.8 Å². The first-order valence-electron chi connectivity index (χ1n) is 7.17. The Bertz CT molecular complexity index is 617. The van der Waals surface area contributed by atoms with Gasteiger partial charge in [-0.1, -0.05) is 6.07 Å². The second-order valence-electron chi connectivity index (χ2n) is 5.42. The van der Waals surface area contributed by atoms with E-state index in [9.17, 15) is 4.79 Å². The van der Waals surface area contributed by atoms with Gasteiger partial charge in [0.1, 0.15) is 5.76 Å². The molecule has 5 nitrogen and oxygen atoms in total. The average Bonchev–Trinajstić information content (AvgIpc) is 3.03. The van der Waals surface area contributed by atoms with Gasteiger partial charge in [0, 0.05) is 12.6 Å². The van der Waals surface area contributed by atoms with Crippen LogP contribution < -0.4 is 11.1 Å². The highest BCUT2D eigenvalue weighted by molar-refractivity contribution is 7.13. The molecule has 2 heterocycles. The van der Waals surface area contributed by atoms with E-state index in [0.717, 1.165) is 17.7 Å². The van der Waals surface area contributed by atoms with E-state index in [0.29, 0.717) is 29.8 Å². The molecule has 1 unspecified atom stereocenters. The molecule has 0 radical (unpaired) electrons. The highest BCUT2D eigenvalue weighted by Crippen LogP contribution is 2.32. The summed E-state index contributed by atoms with van der Waals surface area (Å²) in [4.78, 5) is 17.5. The highest BCUT2D eigenvalue weighted by atomic mass is 32.1. The number of hydrogen-bond acceptors (Lipinski definition) is 5. The minimum absolute atomic E-state index is 0.0357. The Labute approximate surface area is 127 Å². The Kier molecular flexibility index (Phi) is 4.07. The minimum Gasteiger partial charge on any atom is -0.440 e. The van der Waals surface area contributed by atoms with Crippen LogP contribution in [0.25, 0.3) is 10.8 Å². The zero-order chi connectivity index (χ0) is 14.8. The highest BCUT2D eigenvalue weighted by Gasteiger charge is 2.31. The molecule has 0 saturated heterocycles. The summed E-state index contributed by atoms with van der Waals surface area (Å²) in [6.45, 7) is 2.34. The number of oxazole rings is 1. The standard InChI is InChI=1S/C15H19N3O2S/c1-9-11(18-15(20-9)13-3-2-6-21-13)7-14(19)17-12(8-16)10-4-5-10/h2-3,6,10,12H,4-5,7-8,16H2,1H3,(H,17,19). The lowest BCUT2D eigenvalue weighted by Gasteiger charge is -2.15. The predicted molar refractivity (Wildman–Crippen MR) is 82.0 cm³/mol. The average molecular weight is 305 g/mol. The van der Waals surface area contributed by atoms with Crippen molar-refractivity contribution in [2.75, 3.05) is 6.54 Å². The van der Waals surface area contributed by atoms with Gasteiger partial charge in [-0.05, 0) is 37.1 Å². The Hall–Kier alpha value is -1.66. The van der Waals surface area contributed by atoms with Crippen molar-refractivity contribution in [2.45, 2.75) is 32.2 Å². The largest absolute Gasteiger partial charge is 0.440 e. The van der Waals surface area contributed by atoms with E-state index in [1.54, 1.807) is 11.3 Å². The summed E-state index contributed by atoms with van der Waals surface area (Å²) in [7, 11) is 0. The molecule has 112 valence electrons. The molecule has 2 aromatic rings. The molecule has 1 atom stereocenters. The molecule has 1 saturated carbocycles. The van der Waals surface area contributed by atoms with Crippen LogP contribution in [0.4, 0.5) is 0 Å². The molecule has 3 rings (SSSR count). The van der Waals surface area contributed by atoms with Gasteiger partial charge >= 0.3 is 0 Å². The summed E-state index contributed by atoms with van der Waals surface area (Å²) in [6.07, 6.45) is 2.56. The maximum atomic E-state index is 12.1. The fourth-order valence-corrected chi connectivity index (χ4v) is 3.02.